The van der Waals surface area contributed by atoms with Gasteiger partial charge in [-0.2, -0.15) is 5.10 Å². The molecule has 4 amide bonds. The highest BCUT2D eigenvalue weighted by Gasteiger charge is 2.62. The minimum absolute atomic E-state index is 0.00935. The van der Waals surface area contributed by atoms with Gasteiger partial charge in [-0.25, -0.2) is 22.8 Å². The Labute approximate surface area is 306 Å². The van der Waals surface area contributed by atoms with Gasteiger partial charge in [-0.1, -0.05) is 31.9 Å². The molecule has 2 aromatic heterocycles. The van der Waals surface area contributed by atoms with E-state index in [1.807, 2.05) is 19.1 Å². The number of hydrogen-bond donors (Lipinski definition) is 3. The number of aromatic nitrogens is 4. The Morgan fingerprint density at radius 2 is 1.91 bits per heavy atom. The van der Waals surface area contributed by atoms with Crippen molar-refractivity contribution in [2.75, 3.05) is 6.54 Å². The van der Waals surface area contributed by atoms with Gasteiger partial charge in [0.15, 0.2) is 0 Å². The van der Waals surface area contributed by atoms with Crippen LogP contribution in [-0.4, -0.2) is 92.2 Å². The lowest BCUT2D eigenvalue weighted by atomic mass is 10.0. The molecule has 1 saturated heterocycles. The van der Waals surface area contributed by atoms with Crippen molar-refractivity contribution in [1.82, 2.24) is 40.0 Å². The predicted molar refractivity (Wildman–Crippen MR) is 189 cm³/mol. The first-order valence-electron chi connectivity index (χ1n) is 18.2. The number of amides is 4. The lowest BCUT2D eigenvalue weighted by molar-refractivity contribution is -0.141. The number of rotatable bonds is 8. The zero-order chi connectivity index (χ0) is 37.5. The smallest absolute Gasteiger partial charge is 0.270 e. The standard InChI is InChI=1S/C36H43FN8O7S/c1-3-25-33(41-28-17-22(37)11-14-26(28)39-25)52-23-18-30-32(47)42-36(35(49)43-53(50,51)24-12-13-24)19-21(36)9-7-5-4-6-8-10-27(34(48)45(30)20-23)40-31(46)29-15-16-38-44(29)2/h7,9,11,14-17,21,23-24,27,30H,3-6,8,10,12-13,18-20H2,1-2H3,(H,40,46)(H,42,47)(H,43,49)/t21-,23-,27+,30+,36-/m1/s1. The topological polar surface area (TPSA) is 195 Å². The molecule has 0 radical (unpaired) electrons. The van der Waals surface area contributed by atoms with E-state index in [9.17, 15) is 32.0 Å². The van der Waals surface area contributed by atoms with Crippen LogP contribution >= 0.6 is 0 Å². The third-order valence-electron chi connectivity index (χ3n) is 10.5. The van der Waals surface area contributed by atoms with Crippen LogP contribution in [0, 0.1) is 11.7 Å². The number of benzene rings is 1. The van der Waals surface area contributed by atoms with Gasteiger partial charge in [0.1, 0.15) is 40.9 Å². The molecule has 2 saturated carbocycles. The maximum Gasteiger partial charge on any atom is 0.270 e. The van der Waals surface area contributed by atoms with Gasteiger partial charge in [-0.3, -0.25) is 28.6 Å². The van der Waals surface area contributed by atoms with Crippen LogP contribution in [0.5, 0.6) is 5.88 Å². The lowest BCUT2D eigenvalue weighted by Crippen LogP contribution is -2.58. The molecule has 3 N–H and O–H groups in total. The molecule has 0 unspecified atom stereocenters. The number of allylic oxidation sites excluding steroid dienone is 1. The van der Waals surface area contributed by atoms with Crippen LogP contribution in [0.15, 0.2) is 42.6 Å². The van der Waals surface area contributed by atoms with E-state index < -0.39 is 74.4 Å². The molecule has 282 valence electrons. The summed E-state index contributed by atoms with van der Waals surface area (Å²) >= 11 is 0. The molecular formula is C36H43FN8O7S. The summed E-state index contributed by atoms with van der Waals surface area (Å²) in [6, 6.07) is 3.44. The Kier molecular flexibility index (Phi) is 9.95. The zero-order valence-corrected chi connectivity index (χ0v) is 30.4. The lowest BCUT2D eigenvalue weighted by Gasteiger charge is -2.30. The average Bonchev–Trinajstić information content (AvgIpc) is 4.01. The zero-order valence-electron chi connectivity index (χ0n) is 29.6. The summed E-state index contributed by atoms with van der Waals surface area (Å²) in [4.78, 5) is 66.4. The summed E-state index contributed by atoms with van der Waals surface area (Å²) in [7, 11) is -2.29. The van der Waals surface area contributed by atoms with Crippen LogP contribution in [-0.2, 0) is 37.9 Å². The van der Waals surface area contributed by atoms with Crippen LogP contribution in [0.3, 0.4) is 0 Å². The van der Waals surface area contributed by atoms with Crippen LogP contribution in [0.25, 0.3) is 11.0 Å². The molecule has 4 aliphatic rings. The summed E-state index contributed by atoms with van der Waals surface area (Å²) in [5, 5.41) is 9.13. The highest BCUT2D eigenvalue weighted by atomic mass is 32.2. The average molecular weight is 751 g/mol. The second kappa shape index (κ2) is 14.5. The minimum Gasteiger partial charge on any atom is -0.471 e. The second-order valence-electron chi connectivity index (χ2n) is 14.3. The van der Waals surface area contributed by atoms with Gasteiger partial charge in [-0.15, -0.1) is 0 Å². The van der Waals surface area contributed by atoms with Crippen molar-refractivity contribution >= 4 is 44.7 Å². The van der Waals surface area contributed by atoms with Gasteiger partial charge in [0.05, 0.1) is 22.8 Å². The molecule has 2 aliphatic carbocycles. The number of carbonyl (C=O) groups is 4. The number of aryl methyl sites for hydroxylation is 2. The van der Waals surface area contributed by atoms with Crippen molar-refractivity contribution < 1.29 is 36.7 Å². The van der Waals surface area contributed by atoms with Crippen LogP contribution in [0.4, 0.5) is 4.39 Å². The number of halogens is 1. The van der Waals surface area contributed by atoms with Gasteiger partial charge < -0.3 is 20.3 Å². The number of fused-ring (bicyclic) bond motifs is 3. The second-order valence-corrected chi connectivity index (χ2v) is 16.3. The first-order chi connectivity index (χ1) is 25.4. The van der Waals surface area contributed by atoms with E-state index in [0.717, 1.165) is 12.8 Å². The number of carbonyl (C=O) groups excluding carboxylic acids is 4. The normalized spacial score (nSPS) is 26.5. The van der Waals surface area contributed by atoms with Gasteiger partial charge in [0.2, 0.25) is 27.7 Å². The molecule has 0 spiro atoms. The molecule has 3 fully saturated rings. The minimum atomic E-state index is -3.91. The molecule has 2 aliphatic heterocycles. The molecule has 15 nitrogen and oxygen atoms in total. The fourth-order valence-electron chi connectivity index (χ4n) is 7.21. The molecule has 0 bridgehead atoms. The van der Waals surface area contributed by atoms with Crippen molar-refractivity contribution in [1.29, 1.82) is 0 Å². The monoisotopic (exact) mass is 750 g/mol. The van der Waals surface area contributed by atoms with Crippen molar-refractivity contribution in [2.45, 2.75) is 100 Å². The molecule has 7 rings (SSSR count). The number of sulfonamides is 1. The number of ether oxygens (including phenoxy) is 1. The predicted octanol–water partition coefficient (Wildman–Crippen LogP) is 2.22. The number of nitrogens with zero attached hydrogens (tertiary/aromatic N) is 5. The van der Waals surface area contributed by atoms with E-state index in [4.69, 9.17) is 4.74 Å². The van der Waals surface area contributed by atoms with Crippen molar-refractivity contribution in [3.8, 4) is 5.88 Å². The number of nitrogens with one attached hydrogen (secondary N) is 3. The quantitative estimate of drug-likeness (QED) is 0.288. The van der Waals surface area contributed by atoms with Gasteiger partial charge in [-0.05, 0) is 63.1 Å². The summed E-state index contributed by atoms with van der Waals surface area (Å²) < 4.78 is 49.7. The fraction of sp³-hybridized carbons (Fsp3) is 0.528. The molecule has 3 aromatic rings. The molecule has 1 aromatic carbocycles. The molecule has 5 atom stereocenters. The van der Waals surface area contributed by atoms with Gasteiger partial charge in [0, 0.05) is 31.6 Å². The first kappa shape index (κ1) is 36.4. The summed E-state index contributed by atoms with van der Waals surface area (Å²) in [5.74, 6) is -3.29. The Balaban J connectivity index is 1.21. The third-order valence-corrected chi connectivity index (χ3v) is 12.3. The first-order valence-corrected chi connectivity index (χ1v) is 19.7. The summed E-state index contributed by atoms with van der Waals surface area (Å²) in [5.41, 5.74) is -0.0103. The van der Waals surface area contributed by atoms with E-state index in [2.05, 4.69) is 30.4 Å². The van der Waals surface area contributed by atoms with Crippen LogP contribution < -0.4 is 20.1 Å². The molecular weight excluding hydrogens is 708 g/mol. The van der Waals surface area contributed by atoms with Crippen LogP contribution in [0.2, 0.25) is 0 Å². The third kappa shape index (κ3) is 7.61. The highest BCUT2D eigenvalue weighted by molar-refractivity contribution is 7.91. The number of hydrogen-bond acceptors (Lipinski definition) is 10. The van der Waals surface area contributed by atoms with Crippen molar-refractivity contribution in [2.24, 2.45) is 13.0 Å². The van der Waals surface area contributed by atoms with E-state index in [1.54, 1.807) is 7.05 Å². The van der Waals surface area contributed by atoms with Crippen molar-refractivity contribution in [3.05, 3.63) is 59.8 Å². The maximum atomic E-state index is 14.5. The van der Waals surface area contributed by atoms with Gasteiger partial charge >= 0.3 is 0 Å². The molecule has 4 heterocycles. The fourth-order valence-corrected chi connectivity index (χ4v) is 8.57. The van der Waals surface area contributed by atoms with E-state index in [0.29, 0.717) is 49.7 Å². The van der Waals surface area contributed by atoms with Crippen LogP contribution in [0.1, 0.15) is 80.9 Å². The molecule has 53 heavy (non-hydrogen) atoms. The van der Waals surface area contributed by atoms with E-state index in [1.165, 1.54) is 40.0 Å². The summed E-state index contributed by atoms with van der Waals surface area (Å²) in [6.45, 7) is 1.80. The Bertz CT molecular complexity index is 2090. The summed E-state index contributed by atoms with van der Waals surface area (Å²) in [6.07, 6.45) is 9.13. The highest BCUT2D eigenvalue weighted by Crippen LogP contribution is 2.46. The van der Waals surface area contributed by atoms with Crippen molar-refractivity contribution in [3.63, 3.8) is 0 Å². The van der Waals surface area contributed by atoms with Gasteiger partial charge in [0.25, 0.3) is 11.8 Å². The Morgan fingerprint density at radius 1 is 1.09 bits per heavy atom. The van der Waals surface area contributed by atoms with E-state index in [-0.39, 0.29) is 36.5 Å². The molecule has 17 heteroatoms. The van der Waals surface area contributed by atoms with E-state index >= 15 is 0 Å². The SMILES string of the molecule is CCc1nc2ccc(F)cc2nc1O[C@@H]1C[C@H]2C(=O)N[C@]3(C(=O)NS(=O)(=O)C4CC4)C[C@H]3C=CCCCCC[C@H](NC(=O)c3ccnn3C)C(=O)N2C1. The maximum absolute atomic E-state index is 14.5. The Morgan fingerprint density at radius 3 is 2.64 bits per heavy atom. The Hall–Kier alpha value is -4.93. The largest absolute Gasteiger partial charge is 0.471 e.